The Morgan fingerprint density at radius 3 is 2.55 bits per heavy atom. The van der Waals surface area contributed by atoms with Crippen LogP contribution in [0.4, 0.5) is 10.5 Å². The molecule has 1 aliphatic rings. The molecule has 2 amide bonds. The van der Waals surface area contributed by atoms with Gasteiger partial charge in [-0.1, -0.05) is 43.5 Å². The molecule has 0 aliphatic carbocycles. The molecule has 1 atom stereocenters. The Hall–Kier alpha value is -3.65. The Bertz CT molecular complexity index is 1380. The first-order valence-electron chi connectivity index (χ1n) is 12.8. The number of ether oxygens (including phenoxy) is 1. The molecule has 0 spiro atoms. The van der Waals surface area contributed by atoms with Crippen LogP contribution in [0.15, 0.2) is 53.3 Å². The van der Waals surface area contributed by atoms with Crippen molar-refractivity contribution in [3.05, 3.63) is 80.7 Å². The smallest absolute Gasteiger partial charge is 0.412 e. The van der Waals surface area contributed by atoms with E-state index in [-0.39, 0.29) is 23.9 Å². The van der Waals surface area contributed by atoms with E-state index in [0.717, 1.165) is 30.5 Å². The molecule has 2 aromatic carbocycles. The number of fused-ring (bicyclic) bond motifs is 1. The van der Waals surface area contributed by atoms with Crippen molar-refractivity contribution < 1.29 is 14.3 Å². The van der Waals surface area contributed by atoms with Gasteiger partial charge in [0.05, 0.1) is 29.1 Å². The first-order chi connectivity index (χ1) is 18.1. The minimum atomic E-state index is -0.676. The number of para-hydroxylation sites is 1. The quantitative estimate of drug-likeness (QED) is 0.381. The van der Waals surface area contributed by atoms with Crippen molar-refractivity contribution >= 4 is 29.3 Å². The monoisotopic (exact) mass is 536 g/mol. The Kier molecular flexibility index (Phi) is 8.21. The molecule has 2 N–H and O–H groups in total. The number of aromatic amines is 1. The van der Waals surface area contributed by atoms with Crippen LogP contribution in [-0.2, 0) is 11.3 Å². The average molecular weight is 537 g/mol. The highest BCUT2D eigenvalue weighted by molar-refractivity contribution is 6.30. The second kappa shape index (κ2) is 11.4. The molecule has 1 aliphatic heterocycles. The van der Waals surface area contributed by atoms with Gasteiger partial charge in [0.15, 0.2) is 0 Å². The van der Waals surface area contributed by atoms with E-state index in [4.69, 9.17) is 21.3 Å². The highest BCUT2D eigenvalue weighted by Gasteiger charge is 2.33. The summed E-state index contributed by atoms with van der Waals surface area (Å²) in [5.41, 5.74) is 1.73. The maximum Gasteiger partial charge on any atom is 0.412 e. The number of amides is 2. The summed E-state index contributed by atoms with van der Waals surface area (Å²) in [6.45, 7) is 7.97. The van der Waals surface area contributed by atoms with Gasteiger partial charge in [-0.3, -0.25) is 14.9 Å². The summed E-state index contributed by atoms with van der Waals surface area (Å²) in [6, 6.07) is 14.0. The number of unbranched alkanes of at least 4 members (excludes halogenated alkanes) is 1. The number of anilines is 1. The molecule has 0 bridgehead atoms. The number of nitrogens with zero attached hydrogens (tertiary/aromatic N) is 2. The fraction of sp³-hybridized carbons (Fsp3) is 0.379. The van der Waals surface area contributed by atoms with Gasteiger partial charge >= 0.3 is 6.09 Å². The van der Waals surface area contributed by atoms with Gasteiger partial charge in [-0.15, -0.1) is 0 Å². The highest BCUT2D eigenvalue weighted by atomic mass is 35.5. The van der Waals surface area contributed by atoms with E-state index in [9.17, 15) is 14.4 Å². The maximum absolute atomic E-state index is 13.7. The first kappa shape index (κ1) is 27.4. The fourth-order valence-electron chi connectivity index (χ4n) is 4.55. The predicted octanol–water partition coefficient (Wildman–Crippen LogP) is 6.37. The maximum atomic E-state index is 13.7. The number of carbonyl (C=O) groups excluding carboxylic acids is 2. The molecule has 1 aromatic heterocycles. The van der Waals surface area contributed by atoms with E-state index in [1.165, 1.54) is 0 Å². The molecule has 200 valence electrons. The second-order valence-corrected chi connectivity index (χ2v) is 10.9. The van der Waals surface area contributed by atoms with Crippen molar-refractivity contribution in [3.63, 3.8) is 0 Å². The lowest BCUT2D eigenvalue weighted by Crippen LogP contribution is -2.42. The number of hydrogen-bond donors (Lipinski definition) is 2. The lowest BCUT2D eigenvalue weighted by Gasteiger charge is -2.34. The summed E-state index contributed by atoms with van der Waals surface area (Å²) in [5.74, 6) is 0.116. The van der Waals surface area contributed by atoms with E-state index >= 15 is 0 Å². The minimum Gasteiger partial charge on any atom is -0.444 e. The van der Waals surface area contributed by atoms with Crippen LogP contribution in [0.5, 0.6) is 0 Å². The van der Waals surface area contributed by atoms with Crippen LogP contribution in [-0.4, -0.2) is 39.0 Å². The van der Waals surface area contributed by atoms with Crippen molar-refractivity contribution in [2.75, 3.05) is 11.9 Å². The van der Waals surface area contributed by atoms with Gasteiger partial charge < -0.3 is 14.6 Å². The van der Waals surface area contributed by atoms with Crippen LogP contribution in [0.1, 0.15) is 74.5 Å². The average Bonchev–Trinajstić information content (AvgIpc) is 2.86. The molecule has 1 unspecified atom stereocenters. The Labute approximate surface area is 227 Å². The lowest BCUT2D eigenvalue weighted by atomic mass is 9.90. The van der Waals surface area contributed by atoms with Crippen molar-refractivity contribution in [3.8, 4) is 11.4 Å². The topological polar surface area (TPSA) is 104 Å². The molecule has 8 nitrogen and oxygen atoms in total. The zero-order valence-corrected chi connectivity index (χ0v) is 22.9. The van der Waals surface area contributed by atoms with E-state index in [1.807, 2.05) is 12.1 Å². The second-order valence-electron chi connectivity index (χ2n) is 10.5. The molecule has 38 heavy (non-hydrogen) atoms. The molecular weight excluding hydrogens is 504 g/mol. The number of halogens is 1. The molecular formula is C29H33ClN4O4. The van der Waals surface area contributed by atoms with E-state index in [2.05, 4.69) is 17.2 Å². The molecule has 4 rings (SSSR count). The SMILES string of the molecule is CCCCC1CN(C(=O)c2ccccc2NC(=O)OC(C)(C)C)Cc2c1nc(-c1ccc(Cl)cc1)[nH]c2=O. The number of H-pyrrole nitrogens is 1. The molecule has 3 aromatic rings. The minimum absolute atomic E-state index is 0.0954. The standard InChI is InChI=1S/C29H33ClN4O4/c1-5-6-9-19-16-34(27(36)21-10-7-8-11-23(21)31-28(37)38-29(2,3)4)17-22-24(19)32-25(33-26(22)35)18-12-14-20(30)15-13-18/h7-8,10-15,19H,5-6,9,16-17H2,1-4H3,(H,31,37)(H,32,33,35). The van der Waals surface area contributed by atoms with E-state index in [0.29, 0.717) is 34.2 Å². The molecule has 0 saturated carbocycles. The molecule has 9 heteroatoms. The summed E-state index contributed by atoms with van der Waals surface area (Å²) in [7, 11) is 0. The van der Waals surface area contributed by atoms with Crippen LogP contribution in [0.25, 0.3) is 11.4 Å². The molecule has 2 heterocycles. The first-order valence-corrected chi connectivity index (χ1v) is 13.2. The number of rotatable bonds is 6. The van der Waals surface area contributed by atoms with Crippen molar-refractivity contribution in [1.82, 2.24) is 14.9 Å². The summed E-state index contributed by atoms with van der Waals surface area (Å²) in [4.78, 5) is 48.8. The summed E-state index contributed by atoms with van der Waals surface area (Å²) >= 11 is 6.03. The van der Waals surface area contributed by atoms with Gasteiger partial charge in [0.1, 0.15) is 11.4 Å². The number of benzene rings is 2. The third kappa shape index (κ3) is 6.42. The van der Waals surface area contributed by atoms with Crippen LogP contribution in [0.2, 0.25) is 5.02 Å². The lowest BCUT2D eigenvalue weighted by molar-refractivity contribution is 0.0636. The summed E-state index contributed by atoms with van der Waals surface area (Å²) in [5, 5.41) is 3.30. The summed E-state index contributed by atoms with van der Waals surface area (Å²) < 4.78 is 5.36. The molecule has 0 radical (unpaired) electrons. The van der Waals surface area contributed by atoms with E-state index < -0.39 is 11.7 Å². The van der Waals surface area contributed by atoms with Crippen LogP contribution < -0.4 is 10.9 Å². The molecule has 0 fully saturated rings. The zero-order valence-electron chi connectivity index (χ0n) is 22.1. The Morgan fingerprint density at radius 2 is 1.87 bits per heavy atom. The summed E-state index contributed by atoms with van der Waals surface area (Å²) in [6.07, 6.45) is 2.07. The van der Waals surface area contributed by atoms with E-state index in [1.54, 1.807) is 62.1 Å². The predicted molar refractivity (Wildman–Crippen MR) is 149 cm³/mol. The largest absolute Gasteiger partial charge is 0.444 e. The van der Waals surface area contributed by atoms with Gasteiger partial charge in [0.2, 0.25) is 0 Å². The van der Waals surface area contributed by atoms with Gasteiger partial charge in [-0.25, -0.2) is 9.78 Å². The van der Waals surface area contributed by atoms with Crippen LogP contribution >= 0.6 is 11.6 Å². The number of aromatic nitrogens is 2. The van der Waals surface area contributed by atoms with Gasteiger partial charge in [0.25, 0.3) is 11.5 Å². The third-order valence-corrected chi connectivity index (χ3v) is 6.58. The van der Waals surface area contributed by atoms with Crippen molar-refractivity contribution in [2.45, 2.75) is 65.0 Å². The third-order valence-electron chi connectivity index (χ3n) is 6.33. The van der Waals surface area contributed by atoms with Gasteiger partial charge in [-0.2, -0.15) is 0 Å². The van der Waals surface area contributed by atoms with Gasteiger partial charge in [0, 0.05) is 23.0 Å². The number of nitrogens with one attached hydrogen (secondary N) is 2. The van der Waals surface area contributed by atoms with Gasteiger partial charge in [-0.05, 0) is 63.6 Å². The van der Waals surface area contributed by atoms with Crippen molar-refractivity contribution in [2.24, 2.45) is 0 Å². The van der Waals surface area contributed by atoms with Crippen molar-refractivity contribution in [1.29, 1.82) is 0 Å². The van der Waals surface area contributed by atoms with Crippen LogP contribution in [0, 0.1) is 0 Å². The highest BCUT2D eigenvalue weighted by Crippen LogP contribution is 2.32. The molecule has 0 saturated heterocycles. The number of hydrogen-bond acceptors (Lipinski definition) is 5. The Balaban J connectivity index is 1.66. The normalized spacial score (nSPS) is 15.1. The van der Waals surface area contributed by atoms with Crippen LogP contribution in [0.3, 0.4) is 0 Å². The Morgan fingerprint density at radius 1 is 1.16 bits per heavy atom. The number of carbonyl (C=O) groups is 2. The zero-order chi connectivity index (χ0) is 27.4. The fourth-order valence-corrected chi connectivity index (χ4v) is 4.68.